The molecule has 0 bridgehead atoms. The van der Waals surface area contributed by atoms with E-state index in [0.717, 1.165) is 37.2 Å². The lowest BCUT2D eigenvalue weighted by atomic mass is 10.2. The first-order valence-corrected chi connectivity index (χ1v) is 9.45. The van der Waals surface area contributed by atoms with Gasteiger partial charge in [0.15, 0.2) is 0 Å². The summed E-state index contributed by atoms with van der Waals surface area (Å²) >= 11 is 0. The molecule has 0 aliphatic carbocycles. The molecule has 126 valence electrons. The number of anilines is 1. The normalized spacial score (nSPS) is 11.6. The molecule has 1 rings (SSSR count). The van der Waals surface area contributed by atoms with E-state index in [0.29, 0.717) is 13.2 Å². The minimum atomic E-state index is -3.12. The predicted molar refractivity (Wildman–Crippen MR) is 92.0 cm³/mol. The van der Waals surface area contributed by atoms with Crippen molar-refractivity contribution < 1.29 is 13.2 Å². The zero-order valence-corrected chi connectivity index (χ0v) is 14.6. The summed E-state index contributed by atoms with van der Waals surface area (Å²) in [7, 11) is -3.12. The molecular formula is C16H28N2O3S. The molecular weight excluding hydrogens is 300 g/mol. The van der Waals surface area contributed by atoms with E-state index in [1.807, 2.05) is 31.2 Å². The molecule has 0 fully saturated rings. The van der Waals surface area contributed by atoms with Crippen LogP contribution in [0.15, 0.2) is 24.3 Å². The quantitative estimate of drug-likeness (QED) is 0.613. The van der Waals surface area contributed by atoms with Crippen molar-refractivity contribution >= 4 is 15.7 Å². The van der Waals surface area contributed by atoms with E-state index in [2.05, 4.69) is 10.0 Å². The smallest absolute Gasteiger partial charge is 0.213 e. The average Bonchev–Trinajstić information content (AvgIpc) is 2.47. The highest BCUT2D eigenvalue weighted by Crippen LogP contribution is 2.17. The van der Waals surface area contributed by atoms with Gasteiger partial charge in [-0.3, -0.25) is 0 Å². The van der Waals surface area contributed by atoms with Crippen LogP contribution < -0.4 is 14.8 Å². The second-order valence-electron chi connectivity index (χ2n) is 5.44. The largest absolute Gasteiger partial charge is 0.494 e. The van der Waals surface area contributed by atoms with Crippen LogP contribution in [-0.4, -0.2) is 33.4 Å². The maximum absolute atomic E-state index is 11.6. The third-order valence-corrected chi connectivity index (χ3v) is 5.10. The van der Waals surface area contributed by atoms with Gasteiger partial charge in [0.25, 0.3) is 0 Å². The van der Waals surface area contributed by atoms with Crippen molar-refractivity contribution in [1.29, 1.82) is 0 Å². The van der Waals surface area contributed by atoms with Crippen molar-refractivity contribution in [3.63, 3.8) is 0 Å². The number of hydrogen-bond donors (Lipinski definition) is 2. The van der Waals surface area contributed by atoms with E-state index in [9.17, 15) is 8.42 Å². The number of unbranched alkanes of at least 4 members (excludes halogenated alkanes) is 2. The SMILES string of the molecule is CCOc1cccc(NCCCCCNS(=O)(=O)C(C)C)c1. The van der Waals surface area contributed by atoms with E-state index in [4.69, 9.17) is 4.74 Å². The Morgan fingerprint density at radius 3 is 2.55 bits per heavy atom. The number of sulfonamides is 1. The summed E-state index contributed by atoms with van der Waals surface area (Å²) in [6.45, 7) is 7.38. The molecule has 0 amide bonds. The molecule has 22 heavy (non-hydrogen) atoms. The molecule has 0 saturated carbocycles. The number of benzene rings is 1. The van der Waals surface area contributed by atoms with Gasteiger partial charge in [0, 0.05) is 24.8 Å². The van der Waals surface area contributed by atoms with Crippen molar-refractivity contribution in [2.24, 2.45) is 0 Å². The molecule has 0 heterocycles. The third kappa shape index (κ3) is 7.13. The maximum atomic E-state index is 11.6. The van der Waals surface area contributed by atoms with Crippen LogP contribution in [-0.2, 0) is 10.0 Å². The topological polar surface area (TPSA) is 67.4 Å². The average molecular weight is 328 g/mol. The number of rotatable bonds is 11. The molecule has 0 unspecified atom stereocenters. The molecule has 0 atom stereocenters. The summed E-state index contributed by atoms with van der Waals surface area (Å²) < 4.78 is 31.2. The van der Waals surface area contributed by atoms with E-state index in [1.165, 1.54) is 0 Å². The van der Waals surface area contributed by atoms with Gasteiger partial charge in [-0.05, 0) is 45.7 Å². The maximum Gasteiger partial charge on any atom is 0.213 e. The lowest BCUT2D eigenvalue weighted by Crippen LogP contribution is -2.31. The molecule has 0 aliphatic heterocycles. The van der Waals surface area contributed by atoms with Gasteiger partial charge in [0.05, 0.1) is 11.9 Å². The van der Waals surface area contributed by atoms with Crippen LogP contribution in [0.4, 0.5) is 5.69 Å². The van der Waals surface area contributed by atoms with Crippen molar-refractivity contribution in [3.05, 3.63) is 24.3 Å². The molecule has 0 radical (unpaired) electrons. The Morgan fingerprint density at radius 1 is 1.14 bits per heavy atom. The predicted octanol–water partition coefficient (Wildman–Crippen LogP) is 3.00. The Hall–Kier alpha value is -1.27. The Bertz CT molecular complexity index is 530. The van der Waals surface area contributed by atoms with E-state index >= 15 is 0 Å². The highest BCUT2D eigenvalue weighted by Gasteiger charge is 2.13. The summed E-state index contributed by atoms with van der Waals surface area (Å²) in [5, 5.41) is 2.98. The molecule has 6 heteroatoms. The standard InChI is InChI=1S/C16H28N2O3S/c1-4-21-16-10-8-9-15(13-16)17-11-6-5-7-12-18-22(19,20)14(2)3/h8-10,13-14,17-18H,4-7,11-12H2,1-3H3. The zero-order valence-electron chi connectivity index (χ0n) is 13.8. The molecule has 0 aliphatic rings. The second-order valence-corrected chi connectivity index (χ2v) is 7.76. The number of ether oxygens (including phenoxy) is 1. The van der Waals surface area contributed by atoms with E-state index in [-0.39, 0.29) is 5.25 Å². The van der Waals surface area contributed by atoms with Crippen molar-refractivity contribution in [2.45, 2.75) is 45.3 Å². The summed E-state index contributed by atoms with van der Waals surface area (Å²) in [5.41, 5.74) is 1.05. The summed E-state index contributed by atoms with van der Waals surface area (Å²) in [6, 6.07) is 7.91. The first-order valence-electron chi connectivity index (χ1n) is 7.91. The van der Waals surface area contributed by atoms with Gasteiger partial charge in [-0.2, -0.15) is 0 Å². The van der Waals surface area contributed by atoms with Crippen LogP contribution in [0, 0.1) is 0 Å². The summed E-state index contributed by atoms with van der Waals surface area (Å²) in [4.78, 5) is 0. The molecule has 5 nitrogen and oxygen atoms in total. The second kappa shape index (κ2) is 9.69. The fourth-order valence-electron chi connectivity index (χ4n) is 1.90. The van der Waals surface area contributed by atoms with Crippen molar-refractivity contribution in [2.75, 3.05) is 25.0 Å². The fraction of sp³-hybridized carbons (Fsp3) is 0.625. The summed E-state index contributed by atoms with van der Waals surface area (Å²) in [6.07, 6.45) is 2.84. The highest BCUT2D eigenvalue weighted by atomic mass is 32.2. The van der Waals surface area contributed by atoms with Crippen LogP contribution in [0.1, 0.15) is 40.0 Å². The van der Waals surface area contributed by atoms with Gasteiger partial charge >= 0.3 is 0 Å². The lowest BCUT2D eigenvalue weighted by Gasteiger charge is -2.10. The van der Waals surface area contributed by atoms with Gasteiger partial charge in [-0.15, -0.1) is 0 Å². The van der Waals surface area contributed by atoms with Gasteiger partial charge < -0.3 is 10.1 Å². The lowest BCUT2D eigenvalue weighted by molar-refractivity contribution is 0.340. The minimum absolute atomic E-state index is 0.369. The van der Waals surface area contributed by atoms with Crippen molar-refractivity contribution in [3.8, 4) is 5.75 Å². The van der Waals surface area contributed by atoms with Crippen LogP contribution in [0.3, 0.4) is 0 Å². The third-order valence-electron chi connectivity index (χ3n) is 3.25. The van der Waals surface area contributed by atoms with Crippen LogP contribution >= 0.6 is 0 Å². The molecule has 0 saturated heterocycles. The molecule has 0 aromatic heterocycles. The Balaban J connectivity index is 2.14. The fourth-order valence-corrected chi connectivity index (χ4v) is 2.67. The Kier molecular flexibility index (Phi) is 8.27. The Labute approximate surface area is 134 Å². The van der Waals surface area contributed by atoms with Gasteiger partial charge in [-0.1, -0.05) is 12.5 Å². The highest BCUT2D eigenvalue weighted by molar-refractivity contribution is 7.90. The zero-order chi connectivity index (χ0) is 16.4. The molecule has 1 aromatic rings. The van der Waals surface area contributed by atoms with Crippen molar-refractivity contribution in [1.82, 2.24) is 4.72 Å². The van der Waals surface area contributed by atoms with Gasteiger partial charge in [0.1, 0.15) is 5.75 Å². The summed E-state index contributed by atoms with van der Waals surface area (Å²) in [5.74, 6) is 0.871. The molecule has 2 N–H and O–H groups in total. The van der Waals surface area contributed by atoms with E-state index in [1.54, 1.807) is 13.8 Å². The molecule has 0 spiro atoms. The van der Waals surface area contributed by atoms with Crippen LogP contribution in [0.25, 0.3) is 0 Å². The van der Waals surface area contributed by atoms with Gasteiger partial charge in [-0.25, -0.2) is 13.1 Å². The Morgan fingerprint density at radius 2 is 1.86 bits per heavy atom. The monoisotopic (exact) mass is 328 g/mol. The van der Waals surface area contributed by atoms with Crippen LogP contribution in [0.2, 0.25) is 0 Å². The first kappa shape index (κ1) is 18.8. The van der Waals surface area contributed by atoms with E-state index < -0.39 is 10.0 Å². The molecule has 1 aromatic carbocycles. The van der Waals surface area contributed by atoms with Gasteiger partial charge in [0.2, 0.25) is 10.0 Å². The number of nitrogens with one attached hydrogen (secondary N) is 2. The minimum Gasteiger partial charge on any atom is -0.494 e. The number of hydrogen-bond acceptors (Lipinski definition) is 4. The van der Waals surface area contributed by atoms with Crippen LogP contribution in [0.5, 0.6) is 5.75 Å². The first-order chi connectivity index (χ1) is 10.5.